The van der Waals surface area contributed by atoms with E-state index in [1.54, 1.807) is 0 Å². The molecule has 2 heterocycles. The molecule has 0 unspecified atom stereocenters. The molecule has 3 rings (SSSR count). The van der Waals surface area contributed by atoms with E-state index in [1.807, 2.05) is 17.3 Å². The quantitative estimate of drug-likeness (QED) is 0.738. The van der Waals surface area contributed by atoms with E-state index in [0.29, 0.717) is 5.92 Å². The highest BCUT2D eigenvalue weighted by atomic mass is 35.5. The van der Waals surface area contributed by atoms with Gasteiger partial charge in [0, 0.05) is 25.4 Å². The molecule has 1 N–H and O–H groups in total. The molecular formula is C20H24ClF3N4O. The molecular weight excluding hydrogens is 405 g/mol. The molecule has 5 nitrogen and oxygen atoms in total. The third-order valence-electron chi connectivity index (χ3n) is 5.21. The van der Waals surface area contributed by atoms with Gasteiger partial charge < -0.3 is 9.88 Å². The number of amides is 1. The van der Waals surface area contributed by atoms with Gasteiger partial charge in [0.15, 0.2) is 0 Å². The van der Waals surface area contributed by atoms with Crippen LogP contribution in [0.3, 0.4) is 0 Å². The fraction of sp³-hybridized carbons (Fsp3) is 0.500. The van der Waals surface area contributed by atoms with Crippen molar-refractivity contribution in [1.29, 1.82) is 0 Å². The number of nitrogens with zero attached hydrogens (tertiary/aromatic N) is 3. The van der Waals surface area contributed by atoms with Crippen LogP contribution in [0.25, 0.3) is 0 Å². The van der Waals surface area contributed by atoms with Crippen molar-refractivity contribution in [1.82, 2.24) is 14.5 Å². The highest BCUT2D eigenvalue weighted by Crippen LogP contribution is 2.33. The molecule has 1 aromatic heterocycles. The SMILES string of the molecule is CCc1nccn1CC1CCN(CC(=O)Nc2cc(C(F)(F)F)ccc2Cl)CC1. The maximum Gasteiger partial charge on any atom is 0.416 e. The first-order chi connectivity index (χ1) is 13.8. The zero-order chi connectivity index (χ0) is 21.0. The van der Waals surface area contributed by atoms with Gasteiger partial charge in [-0.25, -0.2) is 4.98 Å². The fourth-order valence-corrected chi connectivity index (χ4v) is 3.78. The van der Waals surface area contributed by atoms with Gasteiger partial charge >= 0.3 is 6.18 Å². The number of likely N-dealkylation sites (tertiary alicyclic amines) is 1. The van der Waals surface area contributed by atoms with Crippen LogP contribution in [0.15, 0.2) is 30.6 Å². The minimum Gasteiger partial charge on any atom is -0.335 e. The van der Waals surface area contributed by atoms with Gasteiger partial charge in [0.25, 0.3) is 0 Å². The first kappa shape index (κ1) is 21.6. The van der Waals surface area contributed by atoms with E-state index < -0.39 is 11.7 Å². The van der Waals surface area contributed by atoms with Crippen LogP contribution in [0.2, 0.25) is 5.02 Å². The van der Waals surface area contributed by atoms with Crippen molar-refractivity contribution in [2.24, 2.45) is 5.92 Å². The Morgan fingerprint density at radius 3 is 2.69 bits per heavy atom. The maximum absolute atomic E-state index is 12.9. The number of carbonyl (C=O) groups is 1. The number of rotatable bonds is 6. The van der Waals surface area contributed by atoms with Gasteiger partial charge in [0.1, 0.15) is 5.82 Å². The molecule has 1 saturated heterocycles. The number of anilines is 1. The molecule has 0 saturated carbocycles. The molecule has 0 atom stereocenters. The van der Waals surface area contributed by atoms with Gasteiger partial charge in [-0.3, -0.25) is 9.69 Å². The summed E-state index contributed by atoms with van der Waals surface area (Å²) in [6, 6.07) is 2.90. The largest absolute Gasteiger partial charge is 0.416 e. The van der Waals surface area contributed by atoms with Crippen LogP contribution in [0.4, 0.5) is 18.9 Å². The molecule has 2 aromatic rings. The Hall–Kier alpha value is -2.06. The van der Waals surface area contributed by atoms with Gasteiger partial charge in [-0.15, -0.1) is 0 Å². The molecule has 1 amide bonds. The predicted molar refractivity (Wildman–Crippen MR) is 106 cm³/mol. The lowest BCUT2D eigenvalue weighted by Crippen LogP contribution is -2.40. The number of aromatic nitrogens is 2. The van der Waals surface area contributed by atoms with Crippen LogP contribution < -0.4 is 5.32 Å². The third kappa shape index (κ3) is 5.73. The summed E-state index contributed by atoms with van der Waals surface area (Å²) in [4.78, 5) is 18.7. The van der Waals surface area contributed by atoms with E-state index in [-0.39, 0.29) is 23.2 Å². The molecule has 0 spiro atoms. The van der Waals surface area contributed by atoms with E-state index >= 15 is 0 Å². The van der Waals surface area contributed by atoms with Crippen molar-refractivity contribution in [2.75, 3.05) is 25.0 Å². The standard InChI is InChI=1S/C20H24ClF3N4O/c1-2-18-25-7-10-28(18)12-14-5-8-27(9-6-14)13-19(29)26-17-11-15(20(22,23)24)3-4-16(17)21/h3-4,7,10-11,14H,2,5-6,8-9,12-13H2,1H3,(H,26,29). The molecule has 1 aromatic carbocycles. The summed E-state index contributed by atoms with van der Waals surface area (Å²) in [6.45, 7) is 4.67. The van der Waals surface area contributed by atoms with Gasteiger partial charge in [-0.1, -0.05) is 18.5 Å². The van der Waals surface area contributed by atoms with E-state index in [0.717, 1.165) is 62.9 Å². The summed E-state index contributed by atoms with van der Waals surface area (Å²) in [6.07, 6.45) is 2.13. The van der Waals surface area contributed by atoms with Gasteiger partial charge in [-0.2, -0.15) is 13.2 Å². The number of benzene rings is 1. The van der Waals surface area contributed by atoms with Crippen molar-refractivity contribution in [3.63, 3.8) is 0 Å². The van der Waals surface area contributed by atoms with Crippen LogP contribution in [0, 0.1) is 5.92 Å². The summed E-state index contributed by atoms with van der Waals surface area (Å²) < 4.78 is 40.8. The molecule has 0 radical (unpaired) electrons. The summed E-state index contributed by atoms with van der Waals surface area (Å²) in [5.41, 5.74) is -0.863. The Morgan fingerprint density at radius 2 is 2.03 bits per heavy atom. The van der Waals surface area contributed by atoms with Gasteiger partial charge in [0.2, 0.25) is 5.91 Å². The van der Waals surface area contributed by atoms with E-state index in [9.17, 15) is 18.0 Å². The summed E-state index contributed by atoms with van der Waals surface area (Å²) in [5.74, 6) is 1.23. The number of aryl methyl sites for hydroxylation is 1. The molecule has 1 aliphatic rings. The molecule has 1 aliphatic heterocycles. The fourth-order valence-electron chi connectivity index (χ4n) is 3.62. The molecule has 0 bridgehead atoms. The second-order valence-electron chi connectivity index (χ2n) is 7.31. The Morgan fingerprint density at radius 1 is 1.31 bits per heavy atom. The van der Waals surface area contributed by atoms with E-state index in [1.165, 1.54) is 0 Å². The lowest BCUT2D eigenvalue weighted by atomic mass is 9.96. The van der Waals surface area contributed by atoms with E-state index in [4.69, 9.17) is 11.6 Å². The molecule has 158 valence electrons. The summed E-state index contributed by atoms with van der Waals surface area (Å²) in [7, 11) is 0. The number of carbonyl (C=O) groups excluding carboxylic acids is 1. The van der Waals surface area contributed by atoms with E-state index in [2.05, 4.69) is 21.8 Å². The number of nitrogens with one attached hydrogen (secondary N) is 1. The first-order valence-electron chi connectivity index (χ1n) is 9.65. The zero-order valence-corrected chi connectivity index (χ0v) is 16.9. The molecule has 9 heteroatoms. The number of halogens is 4. The second kappa shape index (κ2) is 9.17. The van der Waals surface area contributed by atoms with Crippen LogP contribution in [-0.2, 0) is 23.9 Å². The monoisotopic (exact) mass is 428 g/mol. The minimum absolute atomic E-state index is 0.0198. The van der Waals surface area contributed by atoms with Crippen LogP contribution >= 0.6 is 11.6 Å². The number of alkyl halides is 3. The van der Waals surface area contributed by atoms with Gasteiger partial charge in [-0.05, 0) is 50.0 Å². The predicted octanol–water partition coefficient (Wildman–Crippen LogP) is 4.47. The molecule has 1 fully saturated rings. The number of hydrogen-bond donors (Lipinski definition) is 1. The minimum atomic E-state index is -4.49. The third-order valence-corrected chi connectivity index (χ3v) is 5.54. The van der Waals surface area contributed by atoms with Crippen molar-refractivity contribution in [3.05, 3.63) is 47.0 Å². The van der Waals surface area contributed by atoms with Gasteiger partial charge in [0.05, 0.1) is 22.8 Å². The number of piperidine rings is 1. The van der Waals surface area contributed by atoms with Crippen LogP contribution in [-0.4, -0.2) is 40.0 Å². The lowest BCUT2D eigenvalue weighted by Gasteiger charge is -2.31. The Balaban J connectivity index is 1.50. The smallest absolute Gasteiger partial charge is 0.335 e. The highest BCUT2D eigenvalue weighted by molar-refractivity contribution is 6.33. The van der Waals surface area contributed by atoms with Crippen LogP contribution in [0.5, 0.6) is 0 Å². The average molecular weight is 429 g/mol. The topological polar surface area (TPSA) is 50.2 Å². The maximum atomic E-state index is 12.9. The van der Waals surface area contributed by atoms with Crippen molar-refractivity contribution < 1.29 is 18.0 Å². The molecule has 0 aliphatic carbocycles. The Bertz CT molecular complexity index is 844. The van der Waals surface area contributed by atoms with Crippen LogP contribution in [0.1, 0.15) is 31.2 Å². The summed E-state index contributed by atoms with van der Waals surface area (Å²) in [5, 5.41) is 2.59. The van der Waals surface area contributed by atoms with Crippen molar-refractivity contribution in [2.45, 2.75) is 38.9 Å². The highest BCUT2D eigenvalue weighted by Gasteiger charge is 2.31. The number of hydrogen-bond acceptors (Lipinski definition) is 3. The normalized spacial score (nSPS) is 16.2. The average Bonchev–Trinajstić information content (AvgIpc) is 3.11. The second-order valence-corrected chi connectivity index (χ2v) is 7.72. The first-order valence-corrected chi connectivity index (χ1v) is 10.0. The Kier molecular flexibility index (Phi) is 6.85. The number of imidazole rings is 1. The zero-order valence-electron chi connectivity index (χ0n) is 16.2. The Labute approximate surface area is 172 Å². The summed E-state index contributed by atoms with van der Waals surface area (Å²) >= 11 is 5.94. The lowest BCUT2D eigenvalue weighted by molar-refractivity contribution is -0.137. The molecule has 29 heavy (non-hydrogen) atoms. The van der Waals surface area contributed by atoms with Crippen molar-refractivity contribution in [3.8, 4) is 0 Å². The van der Waals surface area contributed by atoms with Crippen molar-refractivity contribution >= 4 is 23.2 Å².